The summed E-state index contributed by atoms with van der Waals surface area (Å²) in [5.74, 6) is -0.0184. The molecule has 26 heavy (non-hydrogen) atoms. The average molecular weight is 359 g/mol. The molecule has 3 rings (SSSR count). The van der Waals surface area contributed by atoms with Crippen molar-refractivity contribution in [1.82, 2.24) is 19.4 Å². The zero-order valence-corrected chi connectivity index (χ0v) is 15.7. The molecule has 3 heterocycles. The molecule has 1 saturated heterocycles. The Labute approximate surface area is 154 Å². The van der Waals surface area contributed by atoms with Gasteiger partial charge in [0.25, 0.3) is 5.91 Å². The van der Waals surface area contributed by atoms with Crippen LogP contribution in [0.3, 0.4) is 0 Å². The third-order valence-corrected chi connectivity index (χ3v) is 4.91. The highest BCUT2D eigenvalue weighted by atomic mass is 16.5. The quantitative estimate of drug-likeness (QED) is 0.766. The molecule has 7 nitrogen and oxygen atoms in total. The number of nitrogens with zero attached hydrogens (tertiary/aromatic N) is 3. The lowest BCUT2D eigenvalue weighted by molar-refractivity contribution is 0.0383. The van der Waals surface area contributed by atoms with E-state index in [-0.39, 0.29) is 5.91 Å². The summed E-state index contributed by atoms with van der Waals surface area (Å²) in [5.41, 5.74) is 9.67. The molecule has 142 valence electrons. The van der Waals surface area contributed by atoms with Gasteiger partial charge in [-0.2, -0.15) is 0 Å². The van der Waals surface area contributed by atoms with E-state index in [4.69, 9.17) is 10.5 Å². The Bertz CT molecular complexity index is 743. The van der Waals surface area contributed by atoms with Crippen LogP contribution in [0.2, 0.25) is 0 Å². The van der Waals surface area contributed by atoms with Gasteiger partial charge in [0.2, 0.25) is 0 Å². The highest BCUT2D eigenvalue weighted by Crippen LogP contribution is 2.14. The summed E-state index contributed by atoms with van der Waals surface area (Å²) in [7, 11) is 3.92. The van der Waals surface area contributed by atoms with Gasteiger partial charge in [-0.25, -0.2) is 0 Å². The van der Waals surface area contributed by atoms with Gasteiger partial charge in [-0.15, -0.1) is 0 Å². The number of nitrogens with one attached hydrogen (secondary N) is 1. The van der Waals surface area contributed by atoms with Gasteiger partial charge in [0.1, 0.15) is 5.69 Å². The van der Waals surface area contributed by atoms with Gasteiger partial charge in [-0.1, -0.05) is 0 Å². The molecule has 0 bridgehead atoms. The van der Waals surface area contributed by atoms with Crippen LogP contribution < -0.4 is 11.1 Å². The molecule has 2 aromatic heterocycles. The number of aryl methyl sites for hydroxylation is 4. The van der Waals surface area contributed by atoms with Crippen LogP contribution in [0, 0.1) is 0 Å². The van der Waals surface area contributed by atoms with E-state index in [9.17, 15) is 4.79 Å². The number of amides is 1. The molecule has 0 aliphatic carbocycles. The van der Waals surface area contributed by atoms with Crippen LogP contribution in [0.5, 0.6) is 0 Å². The van der Waals surface area contributed by atoms with Crippen LogP contribution in [0.1, 0.15) is 21.7 Å². The normalized spacial score (nSPS) is 15.3. The predicted octanol–water partition coefficient (Wildman–Crippen LogP) is 0.793. The van der Waals surface area contributed by atoms with Crippen LogP contribution in [0.15, 0.2) is 24.5 Å². The van der Waals surface area contributed by atoms with Crippen molar-refractivity contribution in [3.63, 3.8) is 0 Å². The van der Waals surface area contributed by atoms with E-state index in [2.05, 4.69) is 14.8 Å². The molecule has 1 aliphatic rings. The largest absolute Gasteiger partial charge is 0.397 e. The topological polar surface area (TPSA) is 77.4 Å². The lowest BCUT2D eigenvalue weighted by Crippen LogP contribution is -2.41. The summed E-state index contributed by atoms with van der Waals surface area (Å²) >= 11 is 0. The molecule has 2 aromatic rings. The lowest BCUT2D eigenvalue weighted by atomic mass is 10.1. The number of anilines is 1. The number of rotatable bonds is 7. The second-order valence-corrected chi connectivity index (χ2v) is 6.93. The average Bonchev–Trinajstić information content (AvgIpc) is 3.15. The van der Waals surface area contributed by atoms with Crippen molar-refractivity contribution in [2.45, 2.75) is 12.8 Å². The van der Waals surface area contributed by atoms with Crippen LogP contribution >= 0.6 is 0 Å². The molecule has 7 heteroatoms. The van der Waals surface area contributed by atoms with E-state index >= 15 is 0 Å². The molecule has 1 fully saturated rings. The smallest absolute Gasteiger partial charge is 0.267 e. The standard InChI is InChI=1S/C19H29N5O2/c1-22-14-16(20)12-17(22)4-3-15-11-18(23(2)13-15)19(25)21-5-6-24-7-9-26-10-8-24/h11-14H,3-10,20H2,1-2H3,(H,21,25). The maximum atomic E-state index is 12.5. The summed E-state index contributed by atoms with van der Waals surface area (Å²) in [5, 5.41) is 3.02. The number of ether oxygens (including phenoxy) is 1. The minimum Gasteiger partial charge on any atom is -0.397 e. The lowest BCUT2D eigenvalue weighted by Gasteiger charge is -2.26. The van der Waals surface area contributed by atoms with Crippen molar-refractivity contribution in [3.05, 3.63) is 41.5 Å². The molecule has 1 aliphatic heterocycles. The fourth-order valence-corrected chi connectivity index (χ4v) is 3.40. The molecule has 0 spiro atoms. The zero-order chi connectivity index (χ0) is 18.5. The molecule has 0 unspecified atom stereocenters. The van der Waals surface area contributed by atoms with Crippen LogP contribution in [-0.2, 0) is 31.7 Å². The first-order chi connectivity index (χ1) is 12.5. The number of nitrogen functional groups attached to an aromatic ring is 1. The van der Waals surface area contributed by atoms with E-state index in [0.29, 0.717) is 12.2 Å². The van der Waals surface area contributed by atoms with Gasteiger partial charge < -0.3 is 24.9 Å². The van der Waals surface area contributed by atoms with Crippen molar-refractivity contribution < 1.29 is 9.53 Å². The maximum Gasteiger partial charge on any atom is 0.267 e. The van der Waals surface area contributed by atoms with E-state index < -0.39 is 0 Å². The molecular formula is C19H29N5O2. The van der Waals surface area contributed by atoms with Crippen molar-refractivity contribution in [1.29, 1.82) is 0 Å². The summed E-state index contributed by atoms with van der Waals surface area (Å²) in [6.45, 7) is 4.95. The van der Waals surface area contributed by atoms with Gasteiger partial charge >= 0.3 is 0 Å². The second-order valence-electron chi connectivity index (χ2n) is 6.93. The Kier molecular flexibility index (Phi) is 6.00. The number of aromatic nitrogens is 2. The van der Waals surface area contributed by atoms with Gasteiger partial charge in [-0.05, 0) is 30.5 Å². The summed E-state index contributed by atoms with van der Waals surface area (Å²) < 4.78 is 9.29. The first-order valence-electron chi connectivity index (χ1n) is 9.17. The minimum atomic E-state index is -0.0184. The maximum absolute atomic E-state index is 12.5. The molecule has 1 amide bonds. The van der Waals surface area contributed by atoms with Gasteiger partial charge in [0.15, 0.2) is 0 Å². The van der Waals surface area contributed by atoms with Gasteiger partial charge in [0, 0.05) is 64.0 Å². The molecule has 0 radical (unpaired) electrons. The SMILES string of the molecule is Cn1cc(N)cc1CCc1cc(C(=O)NCCN2CCOCC2)n(C)c1. The van der Waals surface area contributed by atoms with Gasteiger partial charge in [-0.3, -0.25) is 9.69 Å². The number of hydrogen-bond acceptors (Lipinski definition) is 4. The third-order valence-electron chi connectivity index (χ3n) is 4.91. The van der Waals surface area contributed by atoms with Crippen LogP contribution in [0.25, 0.3) is 0 Å². The summed E-state index contributed by atoms with van der Waals surface area (Å²) in [6, 6.07) is 3.98. The Morgan fingerprint density at radius 2 is 1.92 bits per heavy atom. The fourth-order valence-electron chi connectivity index (χ4n) is 3.40. The molecule has 0 atom stereocenters. The first-order valence-corrected chi connectivity index (χ1v) is 9.17. The molecular weight excluding hydrogens is 330 g/mol. The second kappa shape index (κ2) is 8.42. The monoisotopic (exact) mass is 359 g/mol. The van der Waals surface area contributed by atoms with Crippen molar-refractivity contribution in [2.75, 3.05) is 45.1 Å². The highest BCUT2D eigenvalue weighted by molar-refractivity contribution is 5.92. The summed E-state index contributed by atoms with van der Waals surface area (Å²) in [6.07, 6.45) is 5.73. The Morgan fingerprint density at radius 3 is 2.62 bits per heavy atom. The number of carbonyl (C=O) groups excluding carboxylic acids is 1. The van der Waals surface area contributed by atoms with Crippen molar-refractivity contribution >= 4 is 11.6 Å². The molecule has 0 saturated carbocycles. The van der Waals surface area contributed by atoms with Gasteiger partial charge in [0.05, 0.1) is 13.2 Å². The van der Waals surface area contributed by atoms with Crippen molar-refractivity contribution in [2.24, 2.45) is 14.1 Å². The number of nitrogens with two attached hydrogens (primary N) is 1. The minimum absolute atomic E-state index is 0.0184. The Balaban J connectivity index is 1.50. The third kappa shape index (κ3) is 4.68. The molecule has 0 aromatic carbocycles. The Hall–Kier alpha value is -2.25. The first kappa shape index (κ1) is 18.5. The fraction of sp³-hybridized carbons (Fsp3) is 0.526. The zero-order valence-electron chi connectivity index (χ0n) is 15.7. The summed E-state index contributed by atoms with van der Waals surface area (Å²) in [4.78, 5) is 14.8. The van der Waals surface area contributed by atoms with Crippen LogP contribution in [-0.4, -0.2) is 59.3 Å². The van der Waals surface area contributed by atoms with E-state index in [1.54, 1.807) is 0 Å². The van der Waals surface area contributed by atoms with Crippen LogP contribution in [0.4, 0.5) is 5.69 Å². The Morgan fingerprint density at radius 1 is 1.15 bits per heavy atom. The number of morpholine rings is 1. The van der Waals surface area contributed by atoms with E-state index in [1.807, 2.05) is 43.2 Å². The van der Waals surface area contributed by atoms with Crippen molar-refractivity contribution in [3.8, 4) is 0 Å². The molecule has 3 N–H and O–H groups in total. The number of carbonyl (C=O) groups is 1. The van der Waals surface area contributed by atoms with E-state index in [1.165, 1.54) is 5.69 Å². The number of hydrogen-bond donors (Lipinski definition) is 2. The predicted molar refractivity (Wildman–Crippen MR) is 102 cm³/mol. The van der Waals surface area contributed by atoms with E-state index in [0.717, 1.165) is 56.9 Å². The highest BCUT2D eigenvalue weighted by Gasteiger charge is 2.14.